The molecule has 1 amide bonds. The molecule has 1 heterocycles. The van der Waals surface area contributed by atoms with Gasteiger partial charge in [-0.15, -0.1) is 0 Å². The molecule has 2 N–H and O–H groups in total. The molecule has 0 aromatic heterocycles. The van der Waals surface area contributed by atoms with Gasteiger partial charge in [0.05, 0.1) is 4.92 Å². The van der Waals surface area contributed by atoms with E-state index in [0.717, 1.165) is 19.3 Å². The van der Waals surface area contributed by atoms with Crippen LogP contribution in [0.15, 0.2) is 24.3 Å². The number of para-hydroxylation sites is 1. The summed E-state index contributed by atoms with van der Waals surface area (Å²) in [6.45, 7) is 1.97. The normalized spacial score (nSPS) is 16.1. The van der Waals surface area contributed by atoms with Gasteiger partial charge in [-0.1, -0.05) is 12.1 Å². The van der Waals surface area contributed by atoms with Crippen LogP contribution in [0.4, 0.5) is 5.69 Å². The maximum atomic E-state index is 12.4. The molecule has 1 fully saturated rings. The first-order valence-electron chi connectivity index (χ1n) is 6.86. The number of amides is 1. The van der Waals surface area contributed by atoms with Gasteiger partial charge in [0.1, 0.15) is 5.56 Å². The van der Waals surface area contributed by atoms with Crippen LogP contribution in [0, 0.1) is 16.0 Å². The predicted octanol–water partition coefficient (Wildman–Crippen LogP) is 1.80. The summed E-state index contributed by atoms with van der Waals surface area (Å²) < 4.78 is 0. The van der Waals surface area contributed by atoms with Crippen LogP contribution in [0.3, 0.4) is 0 Å². The zero-order chi connectivity index (χ0) is 14.5. The first-order valence-corrected chi connectivity index (χ1v) is 6.86. The van der Waals surface area contributed by atoms with E-state index in [4.69, 9.17) is 5.73 Å². The molecule has 1 saturated heterocycles. The average Bonchev–Trinajstić information content (AvgIpc) is 2.47. The lowest BCUT2D eigenvalue weighted by Crippen LogP contribution is -2.39. The van der Waals surface area contributed by atoms with Gasteiger partial charge in [0.15, 0.2) is 0 Å². The molecular formula is C14H19N3O3. The molecule has 0 unspecified atom stereocenters. The fourth-order valence-electron chi connectivity index (χ4n) is 2.64. The van der Waals surface area contributed by atoms with Crippen molar-refractivity contribution < 1.29 is 9.72 Å². The lowest BCUT2D eigenvalue weighted by Gasteiger charge is -2.31. The summed E-state index contributed by atoms with van der Waals surface area (Å²) in [6.07, 6.45) is 2.82. The highest BCUT2D eigenvalue weighted by atomic mass is 16.6. The molecule has 0 spiro atoms. The number of carbonyl (C=O) groups is 1. The summed E-state index contributed by atoms with van der Waals surface area (Å²) in [5.74, 6) is 0.318. The number of likely N-dealkylation sites (tertiary alicyclic amines) is 1. The molecular weight excluding hydrogens is 258 g/mol. The van der Waals surface area contributed by atoms with Crippen molar-refractivity contribution in [2.45, 2.75) is 19.3 Å². The second-order valence-electron chi connectivity index (χ2n) is 5.09. The van der Waals surface area contributed by atoms with Crippen LogP contribution in [-0.2, 0) is 0 Å². The van der Waals surface area contributed by atoms with E-state index >= 15 is 0 Å². The number of nitro groups is 1. The summed E-state index contributed by atoms with van der Waals surface area (Å²) in [4.78, 5) is 24.6. The van der Waals surface area contributed by atoms with Gasteiger partial charge < -0.3 is 10.6 Å². The standard InChI is InChI=1S/C14H19N3O3/c15-8-5-11-6-9-16(10-7-11)14(18)12-3-1-2-4-13(12)17(19)20/h1-4,11H,5-10,15H2. The summed E-state index contributed by atoms with van der Waals surface area (Å²) in [6, 6.07) is 6.12. The Bertz CT molecular complexity index is 496. The summed E-state index contributed by atoms with van der Waals surface area (Å²) in [5.41, 5.74) is 5.59. The molecule has 0 saturated carbocycles. The van der Waals surface area contributed by atoms with Crippen LogP contribution in [0.2, 0.25) is 0 Å². The molecule has 108 valence electrons. The average molecular weight is 277 g/mol. The Labute approximate surface area is 117 Å². The zero-order valence-electron chi connectivity index (χ0n) is 11.3. The number of rotatable bonds is 4. The van der Waals surface area contributed by atoms with Crippen LogP contribution in [0.1, 0.15) is 29.6 Å². The predicted molar refractivity (Wildman–Crippen MR) is 75.4 cm³/mol. The third-order valence-electron chi connectivity index (χ3n) is 3.81. The van der Waals surface area contributed by atoms with Crippen LogP contribution >= 0.6 is 0 Å². The Morgan fingerprint density at radius 3 is 2.60 bits per heavy atom. The minimum absolute atomic E-state index is 0.124. The van der Waals surface area contributed by atoms with Crippen molar-refractivity contribution in [3.8, 4) is 0 Å². The Balaban J connectivity index is 2.08. The van der Waals surface area contributed by atoms with Gasteiger partial charge in [0.2, 0.25) is 0 Å². The second kappa shape index (κ2) is 6.47. The van der Waals surface area contributed by atoms with Gasteiger partial charge in [-0.3, -0.25) is 14.9 Å². The number of piperidine rings is 1. The number of nitrogens with zero attached hydrogens (tertiary/aromatic N) is 2. The SMILES string of the molecule is NCCC1CCN(C(=O)c2ccccc2[N+](=O)[O-])CC1. The topological polar surface area (TPSA) is 89.5 Å². The third-order valence-corrected chi connectivity index (χ3v) is 3.81. The van der Waals surface area contributed by atoms with Gasteiger partial charge in [-0.05, 0) is 37.8 Å². The number of nitro benzene ring substituents is 1. The molecule has 1 aromatic carbocycles. The fraction of sp³-hybridized carbons (Fsp3) is 0.500. The Morgan fingerprint density at radius 1 is 1.35 bits per heavy atom. The lowest BCUT2D eigenvalue weighted by atomic mass is 9.93. The van der Waals surface area contributed by atoms with E-state index in [1.54, 1.807) is 17.0 Å². The van der Waals surface area contributed by atoms with Crippen molar-refractivity contribution in [1.29, 1.82) is 0 Å². The van der Waals surface area contributed by atoms with E-state index in [0.29, 0.717) is 25.6 Å². The molecule has 6 heteroatoms. The fourth-order valence-corrected chi connectivity index (χ4v) is 2.64. The summed E-state index contributed by atoms with van der Waals surface area (Å²) in [5, 5.41) is 11.0. The van der Waals surface area contributed by atoms with Crippen LogP contribution in [0.5, 0.6) is 0 Å². The molecule has 20 heavy (non-hydrogen) atoms. The minimum Gasteiger partial charge on any atom is -0.338 e. The highest BCUT2D eigenvalue weighted by molar-refractivity contribution is 5.98. The van der Waals surface area contributed by atoms with Crippen LogP contribution < -0.4 is 5.73 Å². The highest BCUT2D eigenvalue weighted by Crippen LogP contribution is 2.24. The van der Waals surface area contributed by atoms with Crippen molar-refractivity contribution in [3.05, 3.63) is 39.9 Å². The van der Waals surface area contributed by atoms with E-state index in [-0.39, 0.29) is 17.2 Å². The number of hydrogen-bond donors (Lipinski definition) is 1. The Kier molecular flexibility index (Phi) is 4.68. The van der Waals surface area contributed by atoms with Gasteiger partial charge in [-0.2, -0.15) is 0 Å². The third kappa shape index (κ3) is 3.14. The van der Waals surface area contributed by atoms with Gasteiger partial charge in [-0.25, -0.2) is 0 Å². The van der Waals surface area contributed by atoms with Gasteiger partial charge in [0.25, 0.3) is 11.6 Å². The van der Waals surface area contributed by atoms with Gasteiger partial charge >= 0.3 is 0 Å². The number of nitrogens with two attached hydrogens (primary N) is 1. The van der Waals surface area contributed by atoms with Crippen molar-refractivity contribution in [2.75, 3.05) is 19.6 Å². The van der Waals surface area contributed by atoms with Crippen molar-refractivity contribution in [3.63, 3.8) is 0 Å². The maximum absolute atomic E-state index is 12.4. The van der Waals surface area contributed by atoms with Crippen molar-refractivity contribution >= 4 is 11.6 Å². The molecule has 0 aliphatic carbocycles. The molecule has 1 aliphatic heterocycles. The van der Waals surface area contributed by atoms with Gasteiger partial charge in [0, 0.05) is 19.2 Å². The van der Waals surface area contributed by atoms with E-state index < -0.39 is 4.92 Å². The highest BCUT2D eigenvalue weighted by Gasteiger charge is 2.27. The zero-order valence-corrected chi connectivity index (χ0v) is 11.3. The summed E-state index contributed by atoms with van der Waals surface area (Å²) >= 11 is 0. The first kappa shape index (κ1) is 14.5. The summed E-state index contributed by atoms with van der Waals surface area (Å²) in [7, 11) is 0. The Hall–Kier alpha value is -1.95. The molecule has 1 aliphatic rings. The monoisotopic (exact) mass is 277 g/mol. The molecule has 6 nitrogen and oxygen atoms in total. The van der Waals surface area contributed by atoms with E-state index in [1.807, 2.05) is 0 Å². The van der Waals surface area contributed by atoms with Crippen molar-refractivity contribution in [2.24, 2.45) is 11.7 Å². The molecule has 2 rings (SSSR count). The van der Waals surface area contributed by atoms with E-state index in [1.165, 1.54) is 12.1 Å². The maximum Gasteiger partial charge on any atom is 0.282 e. The number of carbonyl (C=O) groups excluding carboxylic acids is 1. The molecule has 0 bridgehead atoms. The first-order chi connectivity index (χ1) is 9.63. The quantitative estimate of drug-likeness (QED) is 0.671. The molecule has 0 atom stereocenters. The van der Waals surface area contributed by atoms with E-state index in [2.05, 4.69) is 0 Å². The van der Waals surface area contributed by atoms with Crippen LogP contribution in [-0.4, -0.2) is 35.4 Å². The smallest absolute Gasteiger partial charge is 0.282 e. The molecule has 1 aromatic rings. The Morgan fingerprint density at radius 2 is 2.00 bits per heavy atom. The second-order valence-corrected chi connectivity index (χ2v) is 5.09. The van der Waals surface area contributed by atoms with E-state index in [9.17, 15) is 14.9 Å². The minimum atomic E-state index is -0.506. The number of benzene rings is 1. The molecule has 0 radical (unpaired) electrons. The van der Waals surface area contributed by atoms with Crippen molar-refractivity contribution in [1.82, 2.24) is 4.90 Å². The van der Waals surface area contributed by atoms with Crippen LogP contribution in [0.25, 0.3) is 0 Å². The lowest BCUT2D eigenvalue weighted by molar-refractivity contribution is -0.385. The number of hydrogen-bond acceptors (Lipinski definition) is 4. The largest absolute Gasteiger partial charge is 0.338 e.